The lowest BCUT2D eigenvalue weighted by atomic mass is 9.84. The van der Waals surface area contributed by atoms with E-state index < -0.39 is 0 Å². The van der Waals surface area contributed by atoms with Crippen LogP contribution >= 0.6 is 15.9 Å². The van der Waals surface area contributed by atoms with Crippen molar-refractivity contribution >= 4 is 21.8 Å². The molecule has 1 aromatic rings. The molecular formula is C14H20BrNO3. The highest BCUT2D eigenvalue weighted by atomic mass is 79.9. The van der Waals surface area contributed by atoms with Gasteiger partial charge in [-0.15, -0.1) is 0 Å². The highest BCUT2D eigenvalue weighted by Crippen LogP contribution is 2.30. The van der Waals surface area contributed by atoms with Crippen LogP contribution in [0, 0.1) is 6.92 Å². The molecule has 1 amide bonds. The molecule has 0 bridgehead atoms. The Bertz CT molecular complexity index is 450. The smallest absolute Gasteiger partial charge is 0.287 e. The van der Waals surface area contributed by atoms with E-state index in [0.717, 1.165) is 31.2 Å². The maximum atomic E-state index is 12.1. The van der Waals surface area contributed by atoms with E-state index in [1.165, 1.54) is 6.42 Å². The Labute approximate surface area is 122 Å². The summed E-state index contributed by atoms with van der Waals surface area (Å²) in [5.74, 6) is 0.194. The minimum Gasteiger partial charge on any atom is -0.444 e. The minimum atomic E-state index is -0.203. The summed E-state index contributed by atoms with van der Waals surface area (Å²) in [6.07, 6.45) is 5.59. The number of ether oxygens (including phenoxy) is 1. The van der Waals surface area contributed by atoms with E-state index in [1.807, 2.05) is 6.92 Å². The summed E-state index contributed by atoms with van der Waals surface area (Å²) in [6.45, 7) is 2.40. The monoisotopic (exact) mass is 329 g/mol. The van der Waals surface area contributed by atoms with Crippen LogP contribution in [0.2, 0.25) is 0 Å². The number of nitrogens with one attached hydrogen (secondary N) is 1. The molecule has 0 radical (unpaired) electrons. The summed E-state index contributed by atoms with van der Waals surface area (Å²) >= 11 is 3.23. The summed E-state index contributed by atoms with van der Waals surface area (Å²) in [5.41, 5.74) is 0.630. The van der Waals surface area contributed by atoms with Gasteiger partial charge in [0.2, 0.25) is 0 Å². The van der Waals surface area contributed by atoms with Crippen LogP contribution in [0.15, 0.2) is 15.2 Å². The molecule has 0 atom stereocenters. The molecule has 1 saturated carbocycles. The van der Waals surface area contributed by atoms with E-state index in [0.29, 0.717) is 17.0 Å². The van der Waals surface area contributed by atoms with Crippen LogP contribution in [0.5, 0.6) is 0 Å². The number of amides is 1. The zero-order valence-electron chi connectivity index (χ0n) is 11.4. The SMILES string of the molecule is COC1(CNC(=O)c2oc(Br)cc2C)CCCCC1. The maximum Gasteiger partial charge on any atom is 0.287 e. The Morgan fingerprint density at radius 1 is 1.47 bits per heavy atom. The van der Waals surface area contributed by atoms with E-state index in [2.05, 4.69) is 21.2 Å². The van der Waals surface area contributed by atoms with Crippen LogP contribution in [-0.2, 0) is 4.74 Å². The molecule has 1 aromatic heterocycles. The highest BCUT2D eigenvalue weighted by Gasteiger charge is 2.32. The summed E-state index contributed by atoms with van der Waals surface area (Å²) in [5, 5.41) is 2.94. The van der Waals surface area contributed by atoms with Gasteiger partial charge in [0, 0.05) is 19.2 Å². The Morgan fingerprint density at radius 3 is 2.68 bits per heavy atom. The second-order valence-electron chi connectivity index (χ2n) is 5.19. The number of hydrogen-bond donors (Lipinski definition) is 1. The Hall–Kier alpha value is -0.810. The second-order valence-corrected chi connectivity index (χ2v) is 5.97. The van der Waals surface area contributed by atoms with Crippen LogP contribution in [0.1, 0.15) is 48.2 Å². The van der Waals surface area contributed by atoms with Gasteiger partial charge >= 0.3 is 0 Å². The first-order valence-electron chi connectivity index (χ1n) is 6.66. The standard InChI is InChI=1S/C14H20BrNO3/c1-10-8-11(15)19-12(10)13(17)16-9-14(18-2)6-4-3-5-7-14/h8H,3-7,9H2,1-2H3,(H,16,17). The number of carbonyl (C=O) groups is 1. The third-order valence-electron chi connectivity index (χ3n) is 3.86. The van der Waals surface area contributed by atoms with Crippen LogP contribution in [0.4, 0.5) is 0 Å². The molecule has 106 valence electrons. The van der Waals surface area contributed by atoms with Gasteiger partial charge in [0.1, 0.15) is 0 Å². The van der Waals surface area contributed by atoms with Crippen molar-refractivity contribution in [3.63, 3.8) is 0 Å². The molecule has 0 spiro atoms. The maximum absolute atomic E-state index is 12.1. The lowest BCUT2D eigenvalue weighted by molar-refractivity contribution is -0.0365. The molecule has 1 heterocycles. The van der Waals surface area contributed by atoms with Crippen molar-refractivity contribution in [1.82, 2.24) is 5.32 Å². The van der Waals surface area contributed by atoms with Crippen LogP contribution in [0.25, 0.3) is 0 Å². The molecular weight excluding hydrogens is 310 g/mol. The van der Waals surface area contributed by atoms with Gasteiger partial charge in [-0.3, -0.25) is 4.79 Å². The third kappa shape index (κ3) is 3.39. The minimum absolute atomic E-state index is 0.176. The fourth-order valence-corrected chi connectivity index (χ4v) is 3.14. The van der Waals surface area contributed by atoms with Crippen LogP contribution < -0.4 is 5.32 Å². The zero-order chi connectivity index (χ0) is 13.9. The molecule has 4 nitrogen and oxygen atoms in total. The molecule has 19 heavy (non-hydrogen) atoms. The van der Waals surface area contributed by atoms with Crippen molar-refractivity contribution in [2.75, 3.05) is 13.7 Å². The average Bonchev–Trinajstić information content (AvgIpc) is 2.76. The summed E-state index contributed by atoms with van der Waals surface area (Å²) in [7, 11) is 1.73. The number of furan rings is 1. The number of methoxy groups -OCH3 is 1. The molecule has 1 aliphatic rings. The number of aryl methyl sites for hydroxylation is 1. The molecule has 2 rings (SSSR count). The quantitative estimate of drug-likeness (QED) is 0.920. The lowest BCUT2D eigenvalue weighted by Gasteiger charge is -2.36. The van der Waals surface area contributed by atoms with Crippen molar-refractivity contribution < 1.29 is 13.9 Å². The van der Waals surface area contributed by atoms with Gasteiger partial charge < -0.3 is 14.5 Å². The third-order valence-corrected chi connectivity index (χ3v) is 4.25. The molecule has 1 N–H and O–H groups in total. The van der Waals surface area contributed by atoms with Gasteiger partial charge in [0.05, 0.1) is 5.60 Å². The predicted octanol–water partition coefficient (Wildman–Crippen LogP) is 3.43. The number of hydrogen-bond acceptors (Lipinski definition) is 3. The van der Waals surface area contributed by atoms with Crippen molar-refractivity contribution in [2.45, 2.75) is 44.6 Å². The fourth-order valence-electron chi connectivity index (χ4n) is 2.64. The number of halogens is 1. The Morgan fingerprint density at radius 2 is 2.16 bits per heavy atom. The summed E-state index contributed by atoms with van der Waals surface area (Å²) in [6, 6.07) is 1.79. The van der Waals surface area contributed by atoms with Crippen LogP contribution in [-0.4, -0.2) is 25.2 Å². The largest absolute Gasteiger partial charge is 0.444 e. The first kappa shape index (κ1) is 14.6. The molecule has 5 heteroatoms. The van der Waals surface area contributed by atoms with Gasteiger partial charge in [0.25, 0.3) is 5.91 Å². The summed E-state index contributed by atoms with van der Waals surface area (Å²) < 4.78 is 11.6. The van der Waals surface area contributed by atoms with Crippen molar-refractivity contribution in [2.24, 2.45) is 0 Å². The van der Waals surface area contributed by atoms with Gasteiger partial charge in [-0.1, -0.05) is 19.3 Å². The van der Waals surface area contributed by atoms with Gasteiger partial charge in [-0.05, 0) is 41.8 Å². The second kappa shape index (κ2) is 6.09. The van der Waals surface area contributed by atoms with Crippen LogP contribution in [0.3, 0.4) is 0 Å². The van der Waals surface area contributed by atoms with Crippen molar-refractivity contribution in [3.8, 4) is 0 Å². The highest BCUT2D eigenvalue weighted by molar-refractivity contribution is 9.10. The topological polar surface area (TPSA) is 51.5 Å². The van der Waals surface area contributed by atoms with E-state index >= 15 is 0 Å². The van der Waals surface area contributed by atoms with Gasteiger partial charge in [0.15, 0.2) is 10.4 Å². The Balaban J connectivity index is 1.97. The van der Waals surface area contributed by atoms with E-state index in [4.69, 9.17) is 9.15 Å². The number of carbonyl (C=O) groups excluding carboxylic acids is 1. The normalized spacial score (nSPS) is 18.3. The fraction of sp³-hybridized carbons (Fsp3) is 0.643. The molecule has 0 aliphatic heterocycles. The Kier molecular flexibility index (Phi) is 4.68. The van der Waals surface area contributed by atoms with E-state index in [1.54, 1.807) is 13.2 Å². The molecule has 0 saturated heterocycles. The first-order valence-corrected chi connectivity index (χ1v) is 7.45. The van der Waals surface area contributed by atoms with Gasteiger partial charge in [-0.25, -0.2) is 0 Å². The predicted molar refractivity (Wildman–Crippen MR) is 76.3 cm³/mol. The number of rotatable bonds is 4. The first-order chi connectivity index (χ1) is 9.06. The molecule has 0 aromatic carbocycles. The molecule has 0 unspecified atom stereocenters. The van der Waals surface area contributed by atoms with Crippen molar-refractivity contribution in [1.29, 1.82) is 0 Å². The van der Waals surface area contributed by atoms with E-state index in [9.17, 15) is 4.79 Å². The zero-order valence-corrected chi connectivity index (χ0v) is 13.0. The summed E-state index contributed by atoms with van der Waals surface area (Å²) in [4.78, 5) is 12.1. The molecule has 1 fully saturated rings. The van der Waals surface area contributed by atoms with Gasteiger partial charge in [-0.2, -0.15) is 0 Å². The van der Waals surface area contributed by atoms with Crippen molar-refractivity contribution in [3.05, 3.63) is 22.1 Å². The molecule has 1 aliphatic carbocycles. The average molecular weight is 330 g/mol. The van der Waals surface area contributed by atoms with E-state index in [-0.39, 0.29) is 11.5 Å². The lowest BCUT2D eigenvalue weighted by Crippen LogP contribution is -2.45.